The molecule has 1 saturated heterocycles. The lowest BCUT2D eigenvalue weighted by atomic mass is 10.1. The number of likely N-dealkylation sites (tertiary alicyclic amines) is 1. The third kappa shape index (κ3) is 3.30. The number of carbonyl (C=O) groups excluding carboxylic acids is 1. The Morgan fingerprint density at radius 2 is 2.08 bits per heavy atom. The normalized spacial score (nSPS) is 16.5. The Morgan fingerprint density at radius 1 is 1.38 bits per heavy atom. The summed E-state index contributed by atoms with van der Waals surface area (Å²) < 4.78 is 1.66. The standard InChI is InChI=1S/C17H21ClN4O2/c1-3-22-14-5-4-11(18)10-13(14)16(23)15(20-22)17(24)19-12-6-8-21(2)9-7-12/h4-5,10,12H,3,6-9H2,1-2H3,(H,19,24). The fraction of sp³-hybridized carbons (Fsp3) is 0.471. The van der Waals surface area contributed by atoms with Crippen LogP contribution in [0.25, 0.3) is 10.9 Å². The minimum Gasteiger partial charge on any atom is -0.348 e. The molecule has 0 atom stereocenters. The number of aromatic nitrogens is 2. The zero-order valence-electron chi connectivity index (χ0n) is 13.9. The lowest BCUT2D eigenvalue weighted by Crippen LogP contribution is -2.45. The number of hydrogen-bond acceptors (Lipinski definition) is 4. The number of hydrogen-bond donors (Lipinski definition) is 1. The van der Waals surface area contributed by atoms with Gasteiger partial charge in [-0.05, 0) is 58.1 Å². The summed E-state index contributed by atoms with van der Waals surface area (Å²) in [5, 5.41) is 8.11. The summed E-state index contributed by atoms with van der Waals surface area (Å²) in [5.74, 6) is -0.404. The molecule has 3 rings (SSSR count). The number of piperidine rings is 1. The molecule has 1 aliphatic heterocycles. The molecule has 0 bridgehead atoms. The van der Waals surface area contributed by atoms with E-state index in [1.165, 1.54) is 0 Å². The first kappa shape index (κ1) is 16.9. The predicted octanol–water partition coefficient (Wildman–Crippen LogP) is 1.89. The molecule has 1 amide bonds. The van der Waals surface area contributed by atoms with Crippen molar-refractivity contribution in [3.63, 3.8) is 0 Å². The SMILES string of the molecule is CCn1nc(C(=O)NC2CCN(C)CC2)c(=O)c2cc(Cl)ccc21. The molecule has 0 spiro atoms. The van der Waals surface area contributed by atoms with E-state index < -0.39 is 5.91 Å². The number of rotatable bonds is 3. The van der Waals surface area contributed by atoms with Crippen LogP contribution < -0.4 is 10.7 Å². The van der Waals surface area contributed by atoms with Crippen molar-refractivity contribution >= 4 is 28.4 Å². The molecular formula is C17H21ClN4O2. The Kier molecular flexibility index (Phi) is 4.87. The molecular weight excluding hydrogens is 328 g/mol. The fourth-order valence-electron chi connectivity index (χ4n) is 3.06. The molecule has 2 heterocycles. The van der Waals surface area contributed by atoms with Crippen molar-refractivity contribution in [2.24, 2.45) is 0 Å². The van der Waals surface area contributed by atoms with E-state index in [9.17, 15) is 9.59 Å². The van der Waals surface area contributed by atoms with Crippen LogP contribution in [-0.4, -0.2) is 46.8 Å². The largest absolute Gasteiger partial charge is 0.348 e. The van der Waals surface area contributed by atoms with Gasteiger partial charge in [0.2, 0.25) is 5.43 Å². The van der Waals surface area contributed by atoms with Crippen molar-refractivity contribution in [1.82, 2.24) is 20.0 Å². The van der Waals surface area contributed by atoms with Crippen LogP contribution in [0.4, 0.5) is 0 Å². The smallest absolute Gasteiger partial charge is 0.276 e. The van der Waals surface area contributed by atoms with Crippen molar-refractivity contribution in [3.8, 4) is 0 Å². The molecule has 2 aromatic rings. The second kappa shape index (κ2) is 6.91. The highest BCUT2D eigenvalue weighted by molar-refractivity contribution is 6.31. The van der Waals surface area contributed by atoms with Crippen molar-refractivity contribution < 1.29 is 4.79 Å². The average Bonchev–Trinajstić information content (AvgIpc) is 2.57. The first-order valence-electron chi connectivity index (χ1n) is 8.19. The van der Waals surface area contributed by atoms with E-state index in [4.69, 9.17) is 11.6 Å². The van der Waals surface area contributed by atoms with Crippen molar-refractivity contribution in [1.29, 1.82) is 0 Å². The molecule has 1 aromatic heterocycles. The molecule has 1 aliphatic rings. The molecule has 0 radical (unpaired) electrons. The minimum atomic E-state index is -0.404. The van der Waals surface area contributed by atoms with Gasteiger partial charge in [0.1, 0.15) is 0 Å². The van der Waals surface area contributed by atoms with E-state index in [1.807, 2.05) is 6.92 Å². The minimum absolute atomic E-state index is 0.0643. The van der Waals surface area contributed by atoms with Gasteiger partial charge in [-0.2, -0.15) is 5.10 Å². The maximum absolute atomic E-state index is 12.7. The fourth-order valence-corrected chi connectivity index (χ4v) is 3.23. The molecule has 6 nitrogen and oxygen atoms in total. The average molecular weight is 349 g/mol. The summed E-state index contributed by atoms with van der Waals surface area (Å²) >= 11 is 6.01. The number of benzene rings is 1. The Balaban J connectivity index is 1.95. The van der Waals surface area contributed by atoms with E-state index in [-0.39, 0.29) is 17.2 Å². The molecule has 7 heteroatoms. The van der Waals surface area contributed by atoms with Gasteiger partial charge in [0, 0.05) is 17.6 Å². The third-order valence-corrected chi connectivity index (χ3v) is 4.72. The van der Waals surface area contributed by atoms with Crippen LogP contribution in [0.2, 0.25) is 5.02 Å². The summed E-state index contributed by atoms with van der Waals surface area (Å²) in [6.07, 6.45) is 1.76. The number of nitrogens with zero attached hydrogens (tertiary/aromatic N) is 3. The molecule has 1 aromatic carbocycles. The van der Waals surface area contributed by atoms with Gasteiger partial charge in [-0.1, -0.05) is 11.6 Å². The summed E-state index contributed by atoms with van der Waals surface area (Å²) in [5.41, 5.74) is 0.246. The van der Waals surface area contributed by atoms with Crippen LogP contribution in [0.3, 0.4) is 0 Å². The Bertz CT molecular complexity index is 825. The van der Waals surface area contributed by atoms with Gasteiger partial charge in [-0.25, -0.2) is 0 Å². The van der Waals surface area contributed by atoms with E-state index in [0.717, 1.165) is 25.9 Å². The highest BCUT2D eigenvalue weighted by Crippen LogP contribution is 2.17. The van der Waals surface area contributed by atoms with Gasteiger partial charge in [0.05, 0.1) is 10.9 Å². The lowest BCUT2D eigenvalue weighted by Gasteiger charge is -2.29. The second-order valence-corrected chi connectivity index (χ2v) is 6.64. The predicted molar refractivity (Wildman–Crippen MR) is 94.7 cm³/mol. The van der Waals surface area contributed by atoms with Crippen LogP contribution in [-0.2, 0) is 6.54 Å². The van der Waals surface area contributed by atoms with Gasteiger partial charge in [0.25, 0.3) is 5.91 Å². The third-order valence-electron chi connectivity index (χ3n) is 4.49. The number of halogens is 1. The highest BCUT2D eigenvalue weighted by atomic mass is 35.5. The highest BCUT2D eigenvalue weighted by Gasteiger charge is 2.22. The second-order valence-electron chi connectivity index (χ2n) is 6.21. The van der Waals surface area contributed by atoms with Gasteiger partial charge >= 0.3 is 0 Å². The van der Waals surface area contributed by atoms with Crippen molar-refractivity contribution in [2.45, 2.75) is 32.4 Å². The van der Waals surface area contributed by atoms with Crippen LogP contribution in [0.15, 0.2) is 23.0 Å². The van der Waals surface area contributed by atoms with Gasteiger partial charge in [-0.15, -0.1) is 0 Å². The maximum atomic E-state index is 12.7. The topological polar surface area (TPSA) is 67.2 Å². The molecule has 1 fully saturated rings. The van der Waals surface area contributed by atoms with Crippen LogP contribution in [0.5, 0.6) is 0 Å². The molecule has 24 heavy (non-hydrogen) atoms. The van der Waals surface area contributed by atoms with Gasteiger partial charge < -0.3 is 10.2 Å². The summed E-state index contributed by atoms with van der Waals surface area (Å²) in [6.45, 7) is 4.35. The van der Waals surface area contributed by atoms with E-state index in [1.54, 1.807) is 22.9 Å². The number of carbonyl (C=O) groups is 1. The van der Waals surface area contributed by atoms with Crippen LogP contribution in [0.1, 0.15) is 30.3 Å². The van der Waals surface area contributed by atoms with Crippen molar-refractivity contribution in [3.05, 3.63) is 39.1 Å². The molecule has 0 unspecified atom stereocenters. The molecule has 0 aliphatic carbocycles. The summed E-state index contributed by atoms with van der Waals surface area (Å²) in [6, 6.07) is 5.16. The quantitative estimate of drug-likeness (QED) is 0.919. The van der Waals surface area contributed by atoms with Crippen LogP contribution >= 0.6 is 11.6 Å². The summed E-state index contributed by atoms with van der Waals surface area (Å²) in [7, 11) is 2.06. The Labute approximate surface area is 145 Å². The number of fused-ring (bicyclic) bond motifs is 1. The number of amides is 1. The first-order valence-corrected chi connectivity index (χ1v) is 8.57. The zero-order valence-corrected chi connectivity index (χ0v) is 14.6. The molecule has 0 saturated carbocycles. The van der Waals surface area contributed by atoms with Crippen LogP contribution in [0, 0.1) is 0 Å². The van der Waals surface area contributed by atoms with Gasteiger partial charge in [-0.3, -0.25) is 14.3 Å². The Morgan fingerprint density at radius 3 is 2.75 bits per heavy atom. The first-order chi connectivity index (χ1) is 11.5. The van der Waals surface area contributed by atoms with E-state index >= 15 is 0 Å². The zero-order chi connectivity index (χ0) is 17.3. The number of nitrogens with one attached hydrogen (secondary N) is 1. The molecule has 1 N–H and O–H groups in total. The monoisotopic (exact) mass is 348 g/mol. The van der Waals surface area contributed by atoms with E-state index in [2.05, 4.69) is 22.4 Å². The van der Waals surface area contributed by atoms with E-state index in [0.29, 0.717) is 22.5 Å². The van der Waals surface area contributed by atoms with Crippen molar-refractivity contribution in [2.75, 3.05) is 20.1 Å². The Hall–Kier alpha value is -1.92. The van der Waals surface area contributed by atoms with Gasteiger partial charge in [0.15, 0.2) is 5.69 Å². The lowest BCUT2D eigenvalue weighted by molar-refractivity contribution is 0.0908. The summed E-state index contributed by atoms with van der Waals surface area (Å²) in [4.78, 5) is 27.5. The molecule has 128 valence electrons. The maximum Gasteiger partial charge on any atom is 0.276 e. The number of aryl methyl sites for hydroxylation is 1.